The molecule has 3 rings (SSSR count). The Morgan fingerprint density at radius 2 is 1.69 bits per heavy atom. The molecule has 3 aromatic rings. The third kappa shape index (κ3) is 6.68. The van der Waals surface area contributed by atoms with Gasteiger partial charge in [-0.2, -0.15) is 0 Å². The maximum absolute atomic E-state index is 13.8. The molecule has 0 unspecified atom stereocenters. The van der Waals surface area contributed by atoms with E-state index < -0.39 is 29.4 Å². The fourth-order valence-electron chi connectivity index (χ4n) is 4.01. The second-order valence-electron chi connectivity index (χ2n) is 8.82. The van der Waals surface area contributed by atoms with Gasteiger partial charge in [0.05, 0.1) is 4.88 Å². The van der Waals surface area contributed by atoms with Crippen molar-refractivity contribution in [3.8, 4) is 10.4 Å². The van der Waals surface area contributed by atoms with Crippen molar-refractivity contribution >= 4 is 40.7 Å². The Morgan fingerprint density at radius 3 is 2.26 bits per heavy atom. The lowest BCUT2D eigenvalue weighted by molar-refractivity contribution is -0.144. The van der Waals surface area contributed by atoms with Crippen LogP contribution in [0, 0.1) is 5.82 Å². The molecule has 3 N–H and O–H groups in total. The van der Waals surface area contributed by atoms with Crippen LogP contribution in [0.5, 0.6) is 0 Å². The second kappa shape index (κ2) is 11.0. The van der Waals surface area contributed by atoms with E-state index in [1.807, 2.05) is 12.1 Å². The highest BCUT2D eigenvalue weighted by molar-refractivity contribution is 7.17. The highest BCUT2D eigenvalue weighted by Gasteiger charge is 2.41. The standard InChI is InChI=1S/C26H26ClFN2O4S/c1-26(2,15-16-3-7-18(27)8-4-16)30(20(25(33)34)11-14-23(29)31)24(32)22-13-12-21(35-22)17-5-9-19(28)10-6-17/h3-10,12-13,20H,11,14-15H2,1-2H3,(H2,29,31)(H,33,34)/t20-/m0/s1. The van der Waals surface area contributed by atoms with Gasteiger partial charge in [0.1, 0.15) is 11.9 Å². The molecule has 0 radical (unpaired) electrons. The number of hydrogen-bond donors (Lipinski definition) is 2. The lowest BCUT2D eigenvalue weighted by Crippen LogP contribution is -2.57. The first kappa shape index (κ1) is 26.4. The number of primary amides is 1. The number of nitrogens with zero attached hydrogens (tertiary/aromatic N) is 1. The van der Waals surface area contributed by atoms with Crippen molar-refractivity contribution in [1.82, 2.24) is 4.90 Å². The van der Waals surface area contributed by atoms with Crippen LogP contribution in [0.4, 0.5) is 4.39 Å². The molecule has 0 fully saturated rings. The predicted octanol–water partition coefficient (Wildman–Crippen LogP) is 5.39. The molecule has 9 heteroatoms. The van der Waals surface area contributed by atoms with Crippen LogP contribution in [0.15, 0.2) is 60.7 Å². The summed E-state index contributed by atoms with van der Waals surface area (Å²) in [5.74, 6) is -2.71. The van der Waals surface area contributed by atoms with Crippen molar-refractivity contribution in [2.75, 3.05) is 0 Å². The summed E-state index contributed by atoms with van der Waals surface area (Å²) in [6, 6.07) is 15.1. The van der Waals surface area contributed by atoms with Crippen LogP contribution in [0.2, 0.25) is 5.02 Å². The monoisotopic (exact) mass is 516 g/mol. The minimum absolute atomic E-state index is 0.114. The number of carbonyl (C=O) groups is 3. The van der Waals surface area contributed by atoms with Crippen LogP contribution in [-0.4, -0.2) is 39.4 Å². The summed E-state index contributed by atoms with van der Waals surface area (Å²) >= 11 is 7.19. The maximum Gasteiger partial charge on any atom is 0.326 e. The number of halogens is 2. The molecule has 1 atom stereocenters. The minimum atomic E-state index is -1.27. The zero-order chi connectivity index (χ0) is 25.8. The van der Waals surface area contributed by atoms with E-state index in [1.165, 1.54) is 28.4 Å². The average molecular weight is 517 g/mol. The van der Waals surface area contributed by atoms with Crippen molar-refractivity contribution in [3.63, 3.8) is 0 Å². The Balaban J connectivity index is 2.00. The van der Waals surface area contributed by atoms with Crippen molar-refractivity contribution in [1.29, 1.82) is 0 Å². The van der Waals surface area contributed by atoms with E-state index in [-0.39, 0.29) is 18.7 Å². The molecule has 0 bridgehead atoms. The molecule has 1 heterocycles. The summed E-state index contributed by atoms with van der Waals surface area (Å²) < 4.78 is 13.3. The van der Waals surface area contributed by atoms with Crippen LogP contribution in [0.1, 0.15) is 41.9 Å². The quantitative estimate of drug-likeness (QED) is 0.377. The summed E-state index contributed by atoms with van der Waals surface area (Å²) in [6.07, 6.45) is 0.0617. The number of rotatable bonds is 10. The van der Waals surface area contributed by atoms with Crippen LogP contribution in [-0.2, 0) is 16.0 Å². The number of benzene rings is 2. The van der Waals surface area contributed by atoms with Gasteiger partial charge < -0.3 is 15.7 Å². The van der Waals surface area contributed by atoms with Crippen LogP contribution >= 0.6 is 22.9 Å². The van der Waals surface area contributed by atoms with E-state index in [4.69, 9.17) is 17.3 Å². The Bertz CT molecular complexity index is 1210. The van der Waals surface area contributed by atoms with Crippen LogP contribution in [0.3, 0.4) is 0 Å². The van der Waals surface area contributed by atoms with E-state index in [9.17, 15) is 23.9 Å². The zero-order valence-corrected chi connectivity index (χ0v) is 20.9. The molecule has 0 aliphatic rings. The highest BCUT2D eigenvalue weighted by atomic mass is 35.5. The van der Waals surface area contributed by atoms with Gasteiger partial charge in [0.25, 0.3) is 5.91 Å². The number of carbonyl (C=O) groups excluding carboxylic acids is 2. The van der Waals surface area contributed by atoms with Gasteiger partial charge in [-0.05, 0) is 74.2 Å². The fraction of sp³-hybridized carbons (Fsp3) is 0.269. The molecule has 0 spiro atoms. The lowest BCUT2D eigenvalue weighted by Gasteiger charge is -2.42. The van der Waals surface area contributed by atoms with Gasteiger partial charge >= 0.3 is 5.97 Å². The van der Waals surface area contributed by atoms with Crippen molar-refractivity contribution in [2.24, 2.45) is 5.73 Å². The molecule has 0 aliphatic carbocycles. The molecular formula is C26H26ClFN2O4S. The highest BCUT2D eigenvalue weighted by Crippen LogP contribution is 2.33. The normalized spacial score (nSPS) is 12.2. The molecule has 0 saturated heterocycles. The van der Waals surface area contributed by atoms with Gasteiger partial charge in [0.15, 0.2) is 0 Å². The molecule has 2 aromatic carbocycles. The fourth-order valence-corrected chi connectivity index (χ4v) is 5.08. The van der Waals surface area contributed by atoms with E-state index in [0.29, 0.717) is 16.3 Å². The molecule has 184 valence electrons. The Labute approximate surface area is 212 Å². The van der Waals surface area contributed by atoms with Gasteiger partial charge in [-0.15, -0.1) is 11.3 Å². The largest absolute Gasteiger partial charge is 0.480 e. The number of carboxylic acids is 1. The number of hydrogen-bond acceptors (Lipinski definition) is 4. The Morgan fingerprint density at radius 1 is 1.06 bits per heavy atom. The minimum Gasteiger partial charge on any atom is -0.480 e. The third-order valence-electron chi connectivity index (χ3n) is 5.63. The molecule has 6 nitrogen and oxygen atoms in total. The first-order chi connectivity index (χ1) is 16.5. The first-order valence-corrected chi connectivity index (χ1v) is 12.1. The van der Waals surface area contributed by atoms with Crippen molar-refractivity contribution in [3.05, 3.63) is 81.9 Å². The second-order valence-corrected chi connectivity index (χ2v) is 10.3. The van der Waals surface area contributed by atoms with Gasteiger partial charge in [-0.25, -0.2) is 9.18 Å². The van der Waals surface area contributed by atoms with E-state index in [0.717, 1.165) is 16.0 Å². The summed E-state index contributed by atoms with van der Waals surface area (Å²) in [6.45, 7) is 3.57. The van der Waals surface area contributed by atoms with Gasteiger partial charge in [0.2, 0.25) is 5.91 Å². The zero-order valence-electron chi connectivity index (χ0n) is 19.3. The van der Waals surface area contributed by atoms with Gasteiger partial charge in [-0.3, -0.25) is 9.59 Å². The first-order valence-electron chi connectivity index (χ1n) is 10.9. The summed E-state index contributed by atoms with van der Waals surface area (Å²) in [4.78, 5) is 39.9. The summed E-state index contributed by atoms with van der Waals surface area (Å²) in [5, 5.41) is 10.6. The molecular weight excluding hydrogens is 491 g/mol. The number of amides is 2. The van der Waals surface area contributed by atoms with Crippen LogP contribution < -0.4 is 5.73 Å². The smallest absolute Gasteiger partial charge is 0.326 e. The van der Waals surface area contributed by atoms with Crippen LogP contribution in [0.25, 0.3) is 10.4 Å². The molecule has 0 saturated carbocycles. The lowest BCUT2D eigenvalue weighted by atomic mass is 9.90. The Kier molecular flexibility index (Phi) is 8.30. The number of nitrogens with two attached hydrogens (primary N) is 1. The van der Waals surface area contributed by atoms with Gasteiger partial charge in [0, 0.05) is 21.9 Å². The van der Waals surface area contributed by atoms with E-state index in [1.54, 1.807) is 50.2 Å². The van der Waals surface area contributed by atoms with E-state index >= 15 is 0 Å². The SMILES string of the molecule is CC(C)(Cc1ccc(Cl)cc1)N(C(=O)c1ccc(-c2ccc(F)cc2)s1)[C@@H](CCC(N)=O)C(=O)O. The maximum atomic E-state index is 13.8. The molecule has 1 aromatic heterocycles. The number of aliphatic carboxylic acids is 1. The van der Waals surface area contributed by atoms with Crippen molar-refractivity contribution in [2.45, 2.75) is 44.7 Å². The average Bonchev–Trinajstić information content (AvgIpc) is 3.28. The molecule has 0 aliphatic heterocycles. The summed E-state index contributed by atoms with van der Waals surface area (Å²) in [5.41, 5.74) is 5.95. The van der Waals surface area contributed by atoms with E-state index in [2.05, 4.69) is 0 Å². The molecule has 35 heavy (non-hydrogen) atoms. The van der Waals surface area contributed by atoms with Crippen molar-refractivity contribution < 1.29 is 23.9 Å². The number of carboxylic acid groups (broad SMARTS) is 1. The topological polar surface area (TPSA) is 101 Å². The molecule has 2 amide bonds. The number of thiophene rings is 1. The third-order valence-corrected chi connectivity index (χ3v) is 7.00. The Hall–Kier alpha value is -3.23. The van der Waals surface area contributed by atoms with Gasteiger partial charge in [-0.1, -0.05) is 35.9 Å². The summed E-state index contributed by atoms with van der Waals surface area (Å²) in [7, 11) is 0. The predicted molar refractivity (Wildman–Crippen MR) is 135 cm³/mol.